The number of carbonyl (C=O) groups is 1. The zero-order valence-electron chi connectivity index (χ0n) is 12.7. The van der Waals surface area contributed by atoms with Crippen LogP contribution in [0.2, 0.25) is 0 Å². The van der Waals surface area contributed by atoms with Crippen LogP contribution in [0.4, 0.5) is 14.5 Å². The predicted molar refractivity (Wildman–Crippen MR) is 91.8 cm³/mol. The van der Waals surface area contributed by atoms with Crippen LogP contribution in [0, 0.1) is 11.6 Å². The number of sulfonamides is 1. The molecule has 0 radical (unpaired) electrons. The summed E-state index contributed by atoms with van der Waals surface area (Å²) in [5.41, 5.74) is 0.132. The number of benzene rings is 2. The molecule has 25 heavy (non-hydrogen) atoms. The summed E-state index contributed by atoms with van der Waals surface area (Å²) in [7, 11) is -4.38. The average molecular weight is 431 g/mol. The highest BCUT2D eigenvalue weighted by Gasteiger charge is 2.27. The van der Waals surface area contributed by atoms with Crippen molar-refractivity contribution >= 4 is 37.5 Å². The van der Waals surface area contributed by atoms with Gasteiger partial charge in [0, 0.05) is 16.6 Å². The lowest BCUT2D eigenvalue weighted by atomic mass is 10.1. The van der Waals surface area contributed by atoms with E-state index in [0.29, 0.717) is 6.07 Å². The van der Waals surface area contributed by atoms with Gasteiger partial charge < -0.3 is 5.32 Å². The lowest BCUT2D eigenvalue weighted by molar-refractivity contribution is 0.0952. The second-order valence-corrected chi connectivity index (χ2v) is 8.07. The molecule has 1 amide bonds. The number of nitrogens with one attached hydrogen (secondary N) is 2. The summed E-state index contributed by atoms with van der Waals surface area (Å²) in [6.07, 6.45) is 1.76. The van der Waals surface area contributed by atoms with E-state index in [1.165, 1.54) is 12.1 Å². The third-order valence-electron chi connectivity index (χ3n) is 3.56. The van der Waals surface area contributed by atoms with Crippen molar-refractivity contribution in [2.24, 2.45) is 0 Å². The minimum Gasteiger partial charge on any atom is -0.349 e. The summed E-state index contributed by atoms with van der Waals surface area (Å²) in [4.78, 5) is 11.5. The Balaban J connectivity index is 1.95. The van der Waals surface area contributed by atoms with Crippen molar-refractivity contribution < 1.29 is 22.0 Å². The monoisotopic (exact) mass is 430 g/mol. The van der Waals surface area contributed by atoms with Crippen molar-refractivity contribution in [3.8, 4) is 0 Å². The fraction of sp³-hybridized carbons (Fsp3) is 0.188. The van der Waals surface area contributed by atoms with Gasteiger partial charge in [-0.25, -0.2) is 17.2 Å². The van der Waals surface area contributed by atoms with E-state index in [0.717, 1.165) is 18.9 Å². The Kier molecular flexibility index (Phi) is 4.79. The number of anilines is 1. The van der Waals surface area contributed by atoms with Gasteiger partial charge in [-0.2, -0.15) is 0 Å². The molecule has 1 saturated carbocycles. The van der Waals surface area contributed by atoms with Gasteiger partial charge in [-0.1, -0.05) is 12.1 Å². The van der Waals surface area contributed by atoms with Gasteiger partial charge in [0.25, 0.3) is 15.9 Å². The van der Waals surface area contributed by atoms with Crippen molar-refractivity contribution in [3.05, 3.63) is 58.1 Å². The Hall–Kier alpha value is -2.00. The summed E-state index contributed by atoms with van der Waals surface area (Å²) < 4.78 is 54.2. The van der Waals surface area contributed by atoms with Crippen molar-refractivity contribution in [1.29, 1.82) is 0 Å². The molecule has 0 aliphatic heterocycles. The van der Waals surface area contributed by atoms with Gasteiger partial charge in [0.15, 0.2) is 0 Å². The number of carbonyl (C=O) groups excluding carboxylic acids is 1. The number of amides is 1. The molecule has 0 saturated heterocycles. The molecule has 0 heterocycles. The average Bonchev–Trinajstić information content (AvgIpc) is 3.29. The van der Waals surface area contributed by atoms with Gasteiger partial charge in [-0.05, 0) is 47.0 Å². The van der Waals surface area contributed by atoms with E-state index >= 15 is 0 Å². The molecule has 2 aromatic rings. The zero-order chi connectivity index (χ0) is 18.2. The van der Waals surface area contributed by atoms with E-state index in [-0.39, 0.29) is 21.8 Å². The molecular formula is C16H13BrF2N2O3S. The van der Waals surface area contributed by atoms with Crippen LogP contribution in [0.25, 0.3) is 0 Å². The Morgan fingerprint density at radius 3 is 2.48 bits per heavy atom. The molecule has 1 aliphatic rings. The molecule has 0 bridgehead atoms. The quantitative estimate of drug-likeness (QED) is 0.762. The summed E-state index contributed by atoms with van der Waals surface area (Å²) in [6.45, 7) is 0. The summed E-state index contributed by atoms with van der Waals surface area (Å²) >= 11 is 2.86. The summed E-state index contributed by atoms with van der Waals surface area (Å²) in [5, 5.41) is 2.76. The van der Waals surface area contributed by atoms with Gasteiger partial charge in [0.05, 0.1) is 11.3 Å². The molecule has 132 valence electrons. The van der Waals surface area contributed by atoms with Crippen LogP contribution in [-0.2, 0) is 10.0 Å². The predicted octanol–water partition coefficient (Wildman–Crippen LogP) is 3.42. The smallest absolute Gasteiger partial charge is 0.265 e. The maximum Gasteiger partial charge on any atom is 0.265 e. The normalized spacial score (nSPS) is 14.2. The second kappa shape index (κ2) is 6.72. The maximum absolute atomic E-state index is 14.0. The molecule has 0 unspecified atom stereocenters. The molecule has 1 fully saturated rings. The first kappa shape index (κ1) is 17.8. The van der Waals surface area contributed by atoms with Crippen molar-refractivity contribution in [2.75, 3.05) is 4.72 Å². The lowest BCUT2D eigenvalue weighted by Gasteiger charge is -2.14. The number of hydrogen-bond acceptors (Lipinski definition) is 3. The second-order valence-electron chi connectivity index (χ2n) is 5.60. The fourth-order valence-corrected chi connectivity index (χ4v) is 4.49. The van der Waals surface area contributed by atoms with Gasteiger partial charge >= 0.3 is 0 Å². The molecule has 2 N–H and O–H groups in total. The molecule has 3 rings (SSSR count). The van der Waals surface area contributed by atoms with Gasteiger partial charge in [-0.15, -0.1) is 0 Å². The van der Waals surface area contributed by atoms with Gasteiger partial charge in [0.2, 0.25) is 0 Å². The number of para-hydroxylation sites is 1. The highest BCUT2D eigenvalue weighted by Crippen LogP contribution is 2.29. The van der Waals surface area contributed by atoms with E-state index in [9.17, 15) is 22.0 Å². The largest absolute Gasteiger partial charge is 0.349 e. The molecule has 2 aromatic carbocycles. The van der Waals surface area contributed by atoms with Crippen LogP contribution >= 0.6 is 15.9 Å². The highest BCUT2D eigenvalue weighted by atomic mass is 79.9. The van der Waals surface area contributed by atoms with E-state index < -0.39 is 32.5 Å². The first-order valence-electron chi connectivity index (χ1n) is 7.35. The zero-order valence-corrected chi connectivity index (χ0v) is 15.1. The van der Waals surface area contributed by atoms with E-state index in [1.807, 2.05) is 0 Å². The fourth-order valence-electron chi connectivity index (χ4n) is 2.24. The van der Waals surface area contributed by atoms with Crippen LogP contribution in [0.5, 0.6) is 0 Å². The summed E-state index contributed by atoms with van der Waals surface area (Å²) in [6, 6.07) is 7.42. The first-order chi connectivity index (χ1) is 11.8. The highest BCUT2D eigenvalue weighted by molar-refractivity contribution is 9.10. The third kappa shape index (κ3) is 3.98. The maximum atomic E-state index is 14.0. The minimum atomic E-state index is -4.38. The topological polar surface area (TPSA) is 75.3 Å². The Morgan fingerprint density at radius 2 is 1.84 bits per heavy atom. The van der Waals surface area contributed by atoms with Crippen molar-refractivity contribution in [1.82, 2.24) is 5.32 Å². The lowest BCUT2D eigenvalue weighted by Crippen LogP contribution is -2.27. The Bertz CT molecular complexity index is 923. The number of hydrogen-bond donors (Lipinski definition) is 2. The van der Waals surface area contributed by atoms with Crippen molar-refractivity contribution in [3.63, 3.8) is 0 Å². The van der Waals surface area contributed by atoms with E-state index in [1.54, 1.807) is 12.1 Å². The summed E-state index contributed by atoms with van der Waals surface area (Å²) in [5.74, 6) is -2.56. The molecule has 0 atom stereocenters. The SMILES string of the molecule is O=C(NC1CC1)c1ccccc1NS(=O)(=O)c1c(F)cc(F)cc1Br. The molecule has 5 nitrogen and oxygen atoms in total. The van der Waals surface area contributed by atoms with Crippen molar-refractivity contribution in [2.45, 2.75) is 23.8 Å². The van der Waals surface area contributed by atoms with Crippen LogP contribution < -0.4 is 10.0 Å². The molecule has 9 heteroatoms. The molecule has 0 aromatic heterocycles. The minimum absolute atomic E-state index is 0.0104. The standard InChI is InChI=1S/C16H13BrF2N2O3S/c17-12-7-9(18)8-13(19)15(12)25(23,24)21-14-4-2-1-3-11(14)16(22)20-10-5-6-10/h1-4,7-8,10,21H,5-6H2,(H,20,22). The third-order valence-corrected chi connectivity index (χ3v) is 5.89. The van der Waals surface area contributed by atoms with Gasteiger partial charge in [-0.3, -0.25) is 9.52 Å². The Labute approximate surface area is 151 Å². The first-order valence-corrected chi connectivity index (χ1v) is 9.63. The van der Waals surface area contributed by atoms with Crippen LogP contribution in [0.15, 0.2) is 45.8 Å². The van der Waals surface area contributed by atoms with Crippen LogP contribution in [0.3, 0.4) is 0 Å². The van der Waals surface area contributed by atoms with Crippen LogP contribution in [-0.4, -0.2) is 20.4 Å². The van der Waals surface area contributed by atoms with Crippen LogP contribution in [0.1, 0.15) is 23.2 Å². The van der Waals surface area contributed by atoms with Gasteiger partial charge in [0.1, 0.15) is 16.5 Å². The Morgan fingerprint density at radius 1 is 1.16 bits per heavy atom. The molecular weight excluding hydrogens is 418 g/mol. The van der Waals surface area contributed by atoms with E-state index in [2.05, 4.69) is 26.0 Å². The van der Waals surface area contributed by atoms with E-state index in [4.69, 9.17) is 0 Å². The molecule has 0 spiro atoms. The molecule has 1 aliphatic carbocycles. The number of halogens is 3. The number of rotatable bonds is 5.